The van der Waals surface area contributed by atoms with E-state index in [0.29, 0.717) is 35.6 Å². The van der Waals surface area contributed by atoms with Crippen LogP contribution >= 0.6 is 23.2 Å². The van der Waals surface area contributed by atoms with Gasteiger partial charge in [-0.25, -0.2) is 4.98 Å². The average Bonchev–Trinajstić information content (AvgIpc) is 3.29. The fraction of sp³-hybridized carbons (Fsp3) is 0.400. The normalized spacial score (nSPS) is 13.6. The lowest BCUT2D eigenvalue weighted by Gasteiger charge is -2.27. The number of imidazole rings is 1. The molecular formula is C25H30Cl2N2O3. The highest BCUT2D eigenvalue weighted by Gasteiger charge is 2.24. The van der Waals surface area contributed by atoms with E-state index in [-0.39, 0.29) is 17.9 Å². The second kappa shape index (κ2) is 11.1. The molecule has 0 saturated heterocycles. The van der Waals surface area contributed by atoms with Gasteiger partial charge in [-0.2, -0.15) is 0 Å². The summed E-state index contributed by atoms with van der Waals surface area (Å²) in [5.74, 6) is 2.19. The van der Waals surface area contributed by atoms with Crippen molar-refractivity contribution in [1.82, 2.24) is 9.55 Å². The first kappa shape index (κ1) is 24.4. The molecule has 3 rings (SSSR count). The lowest BCUT2D eigenvalue weighted by Crippen LogP contribution is -2.23. The van der Waals surface area contributed by atoms with Crippen LogP contribution in [0.15, 0.2) is 61.2 Å². The standard InChI is InChI=1S/C25H30Cl2N2O3/c1-18(13-26)15-32-24-9-6-20(12-23(24)27)25(2,3)19-4-7-22(8-5-19)31-16-21(30)14-29-11-10-28-17-29/h4-12,17-18,21,30H,13-16H2,1-3H3/t18-,21+/m0/s1. The Morgan fingerprint density at radius 3 is 2.41 bits per heavy atom. The molecule has 0 aliphatic heterocycles. The van der Waals surface area contributed by atoms with Crippen molar-refractivity contribution in [2.24, 2.45) is 5.92 Å². The van der Waals surface area contributed by atoms with Crippen molar-refractivity contribution >= 4 is 23.2 Å². The molecule has 7 heteroatoms. The minimum atomic E-state index is -0.615. The molecule has 0 aliphatic carbocycles. The topological polar surface area (TPSA) is 56.5 Å². The van der Waals surface area contributed by atoms with Crippen molar-refractivity contribution in [2.75, 3.05) is 19.1 Å². The van der Waals surface area contributed by atoms with Crippen molar-refractivity contribution in [1.29, 1.82) is 0 Å². The molecule has 0 spiro atoms. The number of nitrogens with zero attached hydrogens (tertiary/aromatic N) is 2. The number of benzene rings is 2. The Kier molecular flexibility index (Phi) is 8.46. The second-order valence-electron chi connectivity index (χ2n) is 8.59. The Bertz CT molecular complexity index is 975. The Morgan fingerprint density at radius 1 is 1.06 bits per heavy atom. The van der Waals surface area contributed by atoms with Crippen molar-refractivity contribution in [3.8, 4) is 11.5 Å². The minimum Gasteiger partial charge on any atom is -0.492 e. The molecule has 0 aliphatic rings. The van der Waals surface area contributed by atoms with Crippen molar-refractivity contribution in [3.05, 3.63) is 77.3 Å². The number of aromatic nitrogens is 2. The van der Waals surface area contributed by atoms with E-state index < -0.39 is 6.10 Å². The average molecular weight is 477 g/mol. The molecule has 0 radical (unpaired) electrons. The van der Waals surface area contributed by atoms with E-state index in [9.17, 15) is 5.11 Å². The van der Waals surface area contributed by atoms with Crippen LogP contribution in [0.5, 0.6) is 11.5 Å². The Hall–Kier alpha value is -2.21. The van der Waals surface area contributed by atoms with Gasteiger partial charge in [0.2, 0.25) is 0 Å². The van der Waals surface area contributed by atoms with Gasteiger partial charge in [0.05, 0.1) is 24.5 Å². The molecule has 32 heavy (non-hydrogen) atoms. The van der Waals surface area contributed by atoms with E-state index in [1.165, 1.54) is 0 Å². The molecule has 172 valence electrons. The Labute approximate surface area is 199 Å². The summed E-state index contributed by atoms with van der Waals surface area (Å²) in [5.41, 5.74) is 1.96. The highest BCUT2D eigenvalue weighted by atomic mass is 35.5. The third kappa shape index (κ3) is 6.41. The first-order valence-electron chi connectivity index (χ1n) is 10.7. The van der Waals surface area contributed by atoms with Gasteiger partial charge in [0.1, 0.15) is 24.2 Å². The van der Waals surface area contributed by atoms with Crippen LogP contribution in [0.3, 0.4) is 0 Å². The van der Waals surface area contributed by atoms with E-state index in [1.807, 2.05) is 60.2 Å². The van der Waals surface area contributed by atoms with Gasteiger partial charge in [0.25, 0.3) is 0 Å². The molecule has 0 bridgehead atoms. The number of rotatable bonds is 11. The van der Waals surface area contributed by atoms with Gasteiger partial charge >= 0.3 is 0 Å². The minimum absolute atomic E-state index is 0.209. The van der Waals surface area contributed by atoms with Crippen LogP contribution in [0.1, 0.15) is 31.9 Å². The highest BCUT2D eigenvalue weighted by molar-refractivity contribution is 6.32. The molecule has 1 heterocycles. The molecule has 2 atom stereocenters. The highest BCUT2D eigenvalue weighted by Crippen LogP contribution is 2.36. The Balaban J connectivity index is 1.62. The molecule has 0 fully saturated rings. The van der Waals surface area contributed by atoms with Gasteiger partial charge in [0.15, 0.2) is 0 Å². The summed E-state index contributed by atoms with van der Waals surface area (Å²) in [6.07, 6.45) is 4.55. The molecule has 1 N–H and O–H groups in total. The fourth-order valence-electron chi connectivity index (χ4n) is 3.30. The zero-order valence-corrected chi connectivity index (χ0v) is 20.2. The Morgan fingerprint density at radius 2 is 1.78 bits per heavy atom. The second-order valence-corrected chi connectivity index (χ2v) is 9.31. The lowest BCUT2D eigenvalue weighted by molar-refractivity contribution is 0.0924. The van der Waals surface area contributed by atoms with Crippen LogP contribution in [0.4, 0.5) is 0 Å². The summed E-state index contributed by atoms with van der Waals surface area (Å²) < 4.78 is 13.4. The van der Waals surface area contributed by atoms with Crippen molar-refractivity contribution in [3.63, 3.8) is 0 Å². The maximum absolute atomic E-state index is 10.1. The number of alkyl halides is 1. The monoisotopic (exact) mass is 476 g/mol. The molecule has 2 aromatic carbocycles. The van der Waals surface area contributed by atoms with Crippen molar-refractivity contribution < 1.29 is 14.6 Å². The first-order valence-corrected chi connectivity index (χ1v) is 11.6. The third-order valence-electron chi connectivity index (χ3n) is 5.44. The molecule has 1 aromatic heterocycles. The van der Waals surface area contributed by atoms with E-state index in [0.717, 1.165) is 11.1 Å². The molecule has 0 saturated carbocycles. The fourth-order valence-corrected chi connectivity index (χ4v) is 3.63. The molecular weight excluding hydrogens is 447 g/mol. The van der Waals surface area contributed by atoms with Crippen molar-refractivity contribution in [2.45, 2.75) is 38.8 Å². The van der Waals surface area contributed by atoms with Crippen LogP contribution in [0.25, 0.3) is 0 Å². The number of hydrogen-bond acceptors (Lipinski definition) is 4. The summed E-state index contributed by atoms with van der Waals surface area (Å²) in [6, 6.07) is 13.8. The number of aliphatic hydroxyl groups is 1. The number of aliphatic hydroxyl groups excluding tert-OH is 1. The molecule has 0 unspecified atom stereocenters. The van der Waals surface area contributed by atoms with E-state index in [4.69, 9.17) is 32.7 Å². The van der Waals surface area contributed by atoms with Crippen LogP contribution in [0.2, 0.25) is 5.02 Å². The van der Waals surface area contributed by atoms with Gasteiger partial charge in [-0.05, 0) is 35.4 Å². The maximum atomic E-state index is 10.1. The van der Waals surface area contributed by atoms with E-state index >= 15 is 0 Å². The predicted octanol–water partition coefficient (Wildman–Crippen LogP) is 5.56. The molecule has 0 amide bonds. The lowest BCUT2D eigenvalue weighted by atomic mass is 9.78. The number of ether oxygens (including phenoxy) is 2. The number of halogens is 2. The zero-order chi connectivity index (χ0) is 23.1. The zero-order valence-electron chi connectivity index (χ0n) is 18.7. The van der Waals surface area contributed by atoms with Gasteiger partial charge in [-0.15, -0.1) is 11.6 Å². The smallest absolute Gasteiger partial charge is 0.137 e. The van der Waals surface area contributed by atoms with Crippen LogP contribution in [0, 0.1) is 5.92 Å². The van der Waals surface area contributed by atoms with E-state index in [2.05, 4.69) is 18.8 Å². The summed E-state index contributed by atoms with van der Waals surface area (Å²) in [5, 5.41) is 10.7. The predicted molar refractivity (Wildman–Crippen MR) is 129 cm³/mol. The summed E-state index contributed by atoms with van der Waals surface area (Å²) >= 11 is 12.3. The van der Waals surface area contributed by atoms with Gasteiger partial charge in [0, 0.05) is 29.6 Å². The maximum Gasteiger partial charge on any atom is 0.137 e. The first-order chi connectivity index (χ1) is 15.3. The third-order valence-corrected chi connectivity index (χ3v) is 6.26. The molecule has 3 aromatic rings. The summed E-state index contributed by atoms with van der Waals surface area (Å²) in [4.78, 5) is 3.97. The molecule has 5 nitrogen and oxygen atoms in total. The number of hydrogen-bond donors (Lipinski definition) is 1. The summed E-state index contributed by atoms with van der Waals surface area (Å²) in [7, 11) is 0. The van der Waals surface area contributed by atoms with E-state index in [1.54, 1.807) is 12.5 Å². The van der Waals surface area contributed by atoms with Crippen LogP contribution in [-0.2, 0) is 12.0 Å². The quantitative estimate of drug-likeness (QED) is 0.368. The van der Waals surface area contributed by atoms with Gasteiger partial charge < -0.3 is 19.1 Å². The largest absolute Gasteiger partial charge is 0.492 e. The van der Waals surface area contributed by atoms with Gasteiger partial charge in [-0.3, -0.25) is 0 Å². The van der Waals surface area contributed by atoms with Gasteiger partial charge in [-0.1, -0.05) is 50.6 Å². The SMILES string of the molecule is C[C@@H](CCl)COc1ccc(C(C)(C)c2ccc(OC[C@H](O)Cn3ccnc3)cc2)cc1Cl. The van der Waals surface area contributed by atoms with Crippen LogP contribution in [-0.4, -0.2) is 39.9 Å². The van der Waals surface area contributed by atoms with Crippen LogP contribution < -0.4 is 9.47 Å². The summed E-state index contributed by atoms with van der Waals surface area (Å²) in [6.45, 7) is 7.52.